The van der Waals surface area contributed by atoms with Crippen molar-refractivity contribution in [2.45, 2.75) is 32.4 Å². The van der Waals surface area contributed by atoms with E-state index in [0.717, 1.165) is 24.3 Å². The van der Waals surface area contributed by atoms with Crippen LogP contribution in [0.5, 0.6) is 0 Å². The molecular weight excluding hydrogens is 214 g/mol. The van der Waals surface area contributed by atoms with Crippen LogP contribution in [0.4, 0.5) is 5.82 Å². The number of aliphatic hydroxyl groups is 1. The summed E-state index contributed by atoms with van der Waals surface area (Å²) in [5.41, 5.74) is 6.97. The minimum absolute atomic E-state index is 0.0179. The Morgan fingerprint density at radius 3 is 3.06 bits per heavy atom. The van der Waals surface area contributed by atoms with Crippen molar-refractivity contribution in [3.8, 4) is 0 Å². The van der Waals surface area contributed by atoms with Crippen molar-refractivity contribution in [3.63, 3.8) is 0 Å². The van der Waals surface area contributed by atoms with Gasteiger partial charge in [0.15, 0.2) is 0 Å². The van der Waals surface area contributed by atoms with Crippen LogP contribution in [0.2, 0.25) is 0 Å². The third-order valence-corrected chi connectivity index (χ3v) is 3.66. The average molecular weight is 235 g/mol. The predicted octanol–water partition coefficient (Wildman–Crippen LogP) is 1.31. The zero-order valence-corrected chi connectivity index (χ0v) is 10.5. The van der Waals surface area contributed by atoms with Crippen LogP contribution in [0.3, 0.4) is 0 Å². The second-order valence-electron chi connectivity index (χ2n) is 4.95. The molecule has 1 aliphatic rings. The van der Waals surface area contributed by atoms with Crippen molar-refractivity contribution in [1.29, 1.82) is 0 Å². The Balaban J connectivity index is 2.25. The van der Waals surface area contributed by atoms with Gasteiger partial charge >= 0.3 is 0 Å². The number of aliphatic hydroxyl groups excluding tert-OH is 1. The summed E-state index contributed by atoms with van der Waals surface area (Å²) in [4.78, 5) is 6.59. The first-order chi connectivity index (χ1) is 8.13. The number of pyridine rings is 1. The normalized spacial score (nSPS) is 26.2. The second-order valence-corrected chi connectivity index (χ2v) is 4.95. The highest BCUT2D eigenvalue weighted by Gasteiger charge is 2.31. The second kappa shape index (κ2) is 5.02. The maximum absolute atomic E-state index is 9.45. The fourth-order valence-corrected chi connectivity index (χ4v) is 2.45. The molecular formula is C13H21N3O. The Bertz CT molecular complexity index is 381. The molecule has 0 saturated carbocycles. The summed E-state index contributed by atoms with van der Waals surface area (Å²) >= 11 is 0. The van der Waals surface area contributed by atoms with Crippen molar-refractivity contribution >= 4 is 5.82 Å². The molecule has 4 heteroatoms. The van der Waals surface area contributed by atoms with Gasteiger partial charge in [-0.25, -0.2) is 4.98 Å². The third kappa shape index (κ3) is 2.42. The Kier molecular flexibility index (Phi) is 3.64. The summed E-state index contributed by atoms with van der Waals surface area (Å²) in [5, 5.41) is 9.45. The SMILES string of the molecule is CC1CCN(c2cc([C@H](C)N)ccn2)C1CO. The van der Waals surface area contributed by atoms with Gasteiger partial charge < -0.3 is 15.7 Å². The van der Waals surface area contributed by atoms with Gasteiger partial charge in [-0.2, -0.15) is 0 Å². The van der Waals surface area contributed by atoms with E-state index < -0.39 is 0 Å². The van der Waals surface area contributed by atoms with Gasteiger partial charge in [0.1, 0.15) is 5.82 Å². The van der Waals surface area contributed by atoms with E-state index in [1.54, 1.807) is 6.20 Å². The standard InChI is InChI=1S/C13H21N3O/c1-9-4-6-16(12(9)8-17)13-7-11(10(2)14)3-5-15-13/h3,5,7,9-10,12,17H,4,6,8,14H2,1-2H3/t9?,10-,12?/m0/s1. The molecule has 1 aromatic heterocycles. The molecule has 0 bridgehead atoms. The molecule has 94 valence electrons. The third-order valence-electron chi connectivity index (χ3n) is 3.66. The number of aromatic nitrogens is 1. The van der Waals surface area contributed by atoms with E-state index in [2.05, 4.69) is 16.8 Å². The Hall–Kier alpha value is -1.13. The minimum atomic E-state index is 0.0179. The van der Waals surface area contributed by atoms with Crippen LogP contribution in [-0.2, 0) is 0 Å². The fourth-order valence-electron chi connectivity index (χ4n) is 2.45. The highest BCUT2D eigenvalue weighted by Crippen LogP contribution is 2.29. The molecule has 1 aromatic rings. The average Bonchev–Trinajstić information content (AvgIpc) is 2.70. The summed E-state index contributed by atoms with van der Waals surface area (Å²) in [6.07, 6.45) is 2.90. The Morgan fingerprint density at radius 1 is 1.65 bits per heavy atom. The van der Waals surface area contributed by atoms with Crippen molar-refractivity contribution in [2.24, 2.45) is 11.7 Å². The van der Waals surface area contributed by atoms with E-state index >= 15 is 0 Å². The molecule has 0 spiro atoms. The molecule has 1 aliphatic heterocycles. The van der Waals surface area contributed by atoms with Crippen LogP contribution in [0.1, 0.15) is 31.9 Å². The van der Waals surface area contributed by atoms with Crippen molar-refractivity contribution in [1.82, 2.24) is 4.98 Å². The van der Waals surface area contributed by atoms with E-state index in [1.807, 2.05) is 19.1 Å². The van der Waals surface area contributed by atoms with Gasteiger partial charge in [-0.1, -0.05) is 6.92 Å². The number of hydrogen-bond donors (Lipinski definition) is 2. The molecule has 1 saturated heterocycles. The number of nitrogens with two attached hydrogens (primary N) is 1. The molecule has 0 radical (unpaired) electrons. The molecule has 4 nitrogen and oxygen atoms in total. The minimum Gasteiger partial charge on any atom is -0.394 e. The molecule has 2 rings (SSSR count). The topological polar surface area (TPSA) is 62.4 Å². The lowest BCUT2D eigenvalue weighted by Crippen LogP contribution is -2.35. The zero-order chi connectivity index (χ0) is 12.4. The van der Waals surface area contributed by atoms with E-state index in [-0.39, 0.29) is 18.7 Å². The number of hydrogen-bond acceptors (Lipinski definition) is 4. The number of anilines is 1. The first-order valence-corrected chi connectivity index (χ1v) is 6.22. The summed E-state index contributed by atoms with van der Waals surface area (Å²) in [7, 11) is 0. The molecule has 17 heavy (non-hydrogen) atoms. The van der Waals surface area contributed by atoms with Crippen LogP contribution in [-0.4, -0.2) is 29.3 Å². The largest absolute Gasteiger partial charge is 0.394 e. The maximum Gasteiger partial charge on any atom is 0.129 e. The summed E-state index contributed by atoms with van der Waals surface area (Å²) in [5.74, 6) is 1.45. The smallest absolute Gasteiger partial charge is 0.129 e. The molecule has 2 heterocycles. The zero-order valence-electron chi connectivity index (χ0n) is 10.5. The van der Waals surface area contributed by atoms with E-state index in [0.29, 0.717) is 5.92 Å². The summed E-state index contributed by atoms with van der Waals surface area (Å²) < 4.78 is 0. The molecule has 0 amide bonds. The van der Waals surface area contributed by atoms with Gasteiger partial charge in [0, 0.05) is 18.8 Å². The first-order valence-electron chi connectivity index (χ1n) is 6.22. The summed E-state index contributed by atoms with van der Waals surface area (Å²) in [6, 6.07) is 4.18. The molecule has 3 atom stereocenters. The van der Waals surface area contributed by atoms with Gasteiger partial charge in [-0.15, -0.1) is 0 Å². The Labute approximate surface area is 102 Å². The highest BCUT2D eigenvalue weighted by molar-refractivity contribution is 5.44. The molecule has 0 aliphatic carbocycles. The van der Waals surface area contributed by atoms with Crippen molar-refractivity contribution in [3.05, 3.63) is 23.9 Å². The van der Waals surface area contributed by atoms with Crippen LogP contribution in [0, 0.1) is 5.92 Å². The molecule has 2 unspecified atom stereocenters. The first kappa shape index (κ1) is 12.3. The van der Waals surface area contributed by atoms with E-state index in [1.165, 1.54) is 0 Å². The van der Waals surface area contributed by atoms with E-state index in [4.69, 9.17) is 5.73 Å². The maximum atomic E-state index is 9.45. The monoisotopic (exact) mass is 235 g/mol. The Morgan fingerprint density at radius 2 is 2.41 bits per heavy atom. The lowest BCUT2D eigenvalue weighted by Gasteiger charge is -2.26. The van der Waals surface area contributed by atoms with Gasteiger partial charge in [-0.3, -0.25) is 0 Å². The fraction of sp³-hybridized carbons (Fsp3) is 0.615. The van der Waals surface area contributed by atoms with Crippen LogP contribution in [0.15, 0.2) is 18.3 Å². The van der Waals surface area contributed by atoms with Crippen LogP contribution >= 0.6 is 0 Å². The molecule has 0 aromatic carbocycles. The highest BCUT2D eigenvalue weighted by atomic mass is 16.3. The van der Waals surface area contributed by atoms with Crippen LogP contribution in [0.25, 0.3) is 0 Å². The van der Waals surface area contributed by atoms with Crippen LogP contribution < -0.4 is 10.6 Å². The van der Waals surface area contributed by atoms with E-state index in [9.17, 15) is 5.11 Å². The van der Waals surface area contributed by atoms with Crippen molar-refractivity contribution < 1.29 is 5.11 Å². The molecule has 3 N–H and O–H groups in total. The predicted molar refractivity (Wildman–Crippen MR) is 68.8 cm³/mol. The lowest BCUT2D eigenvalue weighted by molar-refractivity contribution is 0.244. The van der Waals surface area contributed by atoms with Gasteiger partial charge in [-0.05, 0) is 37.0 Å². The van der Waals surface area contributed by atoms with Gasteiger partial charge in [0.2, 0.25) is 0 Å². The lowest BCUT2D eigenvalue weighted by atomic mass is 10.0. The van der Waals surface area contributed by atoms with Gasteiger partial charge in [0.25, 0.3) is 0 Å². The van der Waals surface area contributed by atoms with Crippen molar-refractivity contribution in [2.75, 3.05) is 18.1 Å². The number of rotatable bonds is 3. The summed E-state index contributed by atoms with van der Waals surface area (Å²) in [6.45, 7) is 5.29. The van der Waals surface area contributed by atoms with Gasteiger partial charge in [0.05, 0.1) is 12.6 Å². The molecule has 1 fully saturated rings. The number of nitrogens with zero attached hydrogens (tertiary/aromatic N) is 2. The quantitative estimate of drug-likeness (QED) is 0.829.